The van der Waals surface area contributed by atoms with E-state index in [-0.39, 0.29) is 0 Å². The molecule has 0 amide bonds. The molecule has 0 bridgehead atoms. The monoisotopic (exact) mass is 270 g/mol. The second-order valence-electron chi connectivity index (χ2n) is 2.98. The second kappa shape index (κ2) is 10.7. The van der Waals surface area contributed by atoms with Gasteiger partial charge in [0.15, 0.2) is 0 Å². The molecule has 0 atom stereocenters. The number of hydrogen-bond donors (Lipinski definition) is 0. The quantitative estimate of drug-likeness (QED) is 0.414. The lowest BCUT2D eigenvalue weighted by Gasteiger charge is -2.00. The number of Topliss-reactive ketones (excluding diaryl/α,β-unsaturated/α-hetero) is 2. The van der Waals surface area contributed by atoms with Crippen LogP contribution in [0.25, 0.3) is 0 Å². The van der Waals surface area contributed by atoms with Crippen LogP contribution in [-0.4, -0.2) is 24.8 Å². The minimum atomic E-state index is -2.86. The Morgan fingerprint density at radius 1 is 0.944 bits per heavy atom. The molecule has 18 heavy (non-hydrogen) atoms. The van der Waals surface area contributed by atoms with Gasteiger partial charge in [-0.05, 0) is 11.8 Å². The van der Waals surface area contributed by atoms with Crippen LogP contribution in [0.1, 0.15) is 26.7 Å². The highest BCUT2D eigenvalue weighted by Gasteiger charge is 2.06. The van der Waals surface area contributed by atoms with E-state index in [9.17, 15) is 14.2 Å². The first-order valence-electron chi connectivity index (χ1n) is 5.43. The average Bonchev–Trinajstić information content (AvgIpc) is 2.37. The summed E-state index contributed by atoms with van der Waals surface area (Å²) in [4.78, 5) is 22.0. The standard InChI is InChI=1S/C12H15O5P/c1-3-5-7-11(13)9-16-18(15)17-10-12(14)8-6-4-2/h18H,3-4,9-10H2,1-2H3. The highest BCUT2D eigenvalue weighted by molar-refractivity contribution is 7.33. The SMILES string of the molecule is CCC#CC(=O)CO[PH](=O)OCC(=O)C#CCC. The molecule has 5 nitrogen and oxygen atoms in total. The van der Waals surface area contributed by atoms with Crippen molar-refractivity contribution in [3.63, 3.8) is 0 Å². The van der Waals surface area contributed by atoms with Crippen LogP contribution >= 0.6 is 8.25 Å². The Kier molecular flexibility index (Phi) is 9.91. The Balaban J connectivity index is 3.85. The van der Waals surface area contributed by atoms with Gasteiger partial charge in [-0.1, -0.05) is 25.7 Å². The van der Waals surface area contributed by atoms with Crippen molar-refractivity contribution in [2.75, 3.05) is 13.2 Å². The third-order valence-corrected chi connectivity index (χ3v) is 2.21. The molecule has 6 heteroatoms. The zero-order valence-corrected chi connectivity index (χ0v) is 11.4. The summed E-state index contributed by atoms with van der Waals surface area (Å²) in [7, 11) is -2.86. The van der Waals surface area contributed by atoms with E-state index in [4.69, 9.17) is 0 Å². The van der Waals surface area contributed by atoms with E-state index in [1.807, 2.05) is 0 Å². The van der Waals surface area contributed by atoms with E-state index < -0.39 is 33.0 Å². The first-order valence-corrected chi connectivity index (χ1v) is 6.65. The van der Waals surface area contributed by atoms with E-state index >= 15 is 0 Å². The van der Waals surface area contributed by atoms with E-state index in [2.05, 4.69) is 32.7 Å². The van der Waals surface area contributed by atoms with Crippen LogP contribution in [0, 0.1) is 23.7 Å². The molecular weight excluding hydrogens is 255 g/mol. The van der Waals surface area contributed by atoms with Crippen LogP contribution in [0.4, 0.5) is 0 Å². The fourth-order valence-corrected chi connectivity index (χ4v) is 1.32. The van der Waals surface area contributed by atoms with Crippen LogP contribution in [-0.2, 0) is 23.2 Å². The molecule has 98 valence electrons. The zero-order valence-electron chi connectivity index (χ0n) is 10.4. The summed E-state index contributed by atoms with van der Waals surface area (Å²) in [6.07, 6.45) is 1.12. The lowest BCUT2D eigenvalue weighted by molar-refractivity contribution is -0.116. The predicted molar refractivity (Wildman–Crippen MR) is 67.1 cm³/mol. The number of carbonyl (C=O) groups excluding carboxylic acids is 2. The molecule has 0 aliphatic rings. The van der Waals surface area contributed by atoms with E-state index in [0.717, 1.165) is 0 Å². The van der Waals surface area contributed by atoms with Crippen LogP contribution < -0.4 is 0 Å². The largest absolute Gasteiger partial charge is 0.320 e. The fourth-order valence-electron chi connectivity index (χ4n) is 0.737. The van der Waals surface area contributed by atoms with Crippen molar-refractivity contribution in [2.45, 2.75) is 26.7 Å². The maximum atomic E-state index is 11.1. The molecule has 0 aliphatic carbocycles. The second-order valence-corrected chi connectivity index (χ2v) is 4.06. The van der Waals surface area contributed by atoms with E-state index in [1.165, 1.54) is 0 Å². The average molecular weight is 270 g/mol. The third-order valence-electron chi connectivity index (χ3n) is 1.45. The molecule has 0 aromatic carbocycles. The molecule has 0 aromatic rings. The van der Waals surface area contributed by atoms with E-state index in [1.54, 1.807) is 13.8 Å². The van der Waals surface area contributed by atoms with Gasteiger partial charge in [-0.15, -0.1) is 0 Å². The van der Waals surface area contributed by atoms with Gasteiger partial charge in [-0.25, -0.2) is 0 Å². The van der Waals surface area contributed by atoms with Gasteiger partial charge in [-0.3, -0.25) is 14.2 Å². The molecule has 0 heterocycles. The van der Waals surface area contributed by atoms with E-state index in [0.29, 0.717) is 12.8 Å². The van der Waals surface area contributed by atoms with Gasteiger partial charge in [0.05, 0.1) is 0 Å². The van der Waals surface area contributed by atoms with Crippen molar-refractivity contribution in [3.8, 4) is 23.7 Å². The summed E-state index contributed by atoms with van der Waals surface area (Å²) in [5, 5.41) is 0. The summed E-state index contributed by atoms with van der Waals surface area (Å²) in [5.41, 5.74) is 0. The predicted octanol–water partition coefficient (Wildman–Crippen LogP) is 1.37. The summed E-state index contributed by atoms with van der Waals surface area (Å²) in [6.45, 7) is 2.80. The topological polar surface area (TPSA) is 69.7 Å². The van der Waals surface area contributed by atoms with Crippen molar-refractivity contribution in [1.82, 2.24) is 0 Å². The lowest BCUT2D eigenvalue weighted by Crippen LogP contribution is -2.05. The van der Waals surface area contributed by atoms with Gasteiger partial charge in [-0.2, -0.15) is 0 Å². The molecule has 0 unspecified atom stereocenters. The summed E-state index contributed by atoms with van der Waals surface area (Å²) in [5.74, 6) is 8.77. The van der Waals surface area contributed by atoms with Gasteiger partial charge >= 0.3 is 8.25 Å². The molecular formula is C12H15O5P. The number of rotatable bonds is 6. The Bertz CT molecular complexity index is 393. The molecule has 0 aromatic heterocycles. The van der Waals surface area contributed by atoms with Gasteiger partial charge in [0.25, 0.3) is 0 Å². The summed E-state index contributed by atoms with van der Waals surface area (Å²) < 4.78 is 20.4. The highest BCUT2D eigenvalue weighted by atomic mass is 31.1. The summed E-state index contributed by atoms with van der Waals surface area (Å²) in [6, 6.07) is 0. The molecule has 0 fully saturated rings. The minimum Gasteiger partial charge on any atom is -0.302 e. The van der Waals surface area contributed by atoms with Crippen molar-refractivity contribution in [2.24, 2.45) is 0 Å². The highest BCUT2D eigenvalue weighted by Crippen LogP contribution is 2.22. The van der Waals surface area contributed by atoms with Crippen molar-refractivity contribution >= 4 is 19.8 Å². The molecule has 0 aliphatic heterocycles. The maximum absolute atomic E-state index is 11.1. The molecule has 0 saturated carbocycles. The number of ketones is 2. The Morgan fingerprint density at radius 2 is 1.33 bits per heavy atom. The lowest BCUT2D eigenvalue weighted by atomic mass is 10.4. The van der Waals surface area contributed by atoms with Crippen LogP contribution in [0.2, 0.25) is 0 Å². The molecule has 0 rings (SSSR count). The molecule has 0 saturated heterocycles. The Labute approximate surface area is 107 Å². The first kappa shape index (κ1) is 16.6. The molecule has 0 radical (unpaired) electrons. The number of carbonyl (C=O) groups is 2. The van der Waals surface area contributed by atoms with Crippen LogP contribution in [0.3, 0.4) is 0 Å². The number of hydrogen-bond acceptors (Lipinski definition) is 5. The Hall–Kier alpha value is -1.39. The smallest absolute Gasteiger partial charge is 0.302 e. The Morgan fingerprint density at radius 3 is 1.67 bits per heavy atom. The molecule has 0 N–H and O–H groups in total. The fraction of sp³-hybridized carbons (Fsp3) is 0.500. The van der Waals surface area contributed by atoms with Gasteiger partial charge < -0.3 is 9.05 Å². The van der Waals surface area contributed by atoms with Crippen LogP contribution in [0.5, 0.6) is 0 Å². The van der Waals surface area contributed by atoms with Crippen molar-refractivity contribution in [1.29, 1.82) is 0 Å². The van der Waals surface area contributed by atoms with Gasteiger partial charge in [0, 0.05) is 12.8 Å². The van der Waals surface area contributed by atoms with Crippen LogP contribution in [0.15, 0.2) is 0 Å². The normalized spacial score (nSPS) is 9.06. The maximum Gasteiger partial charge on any atom is 0.320 e. The first-order chi connectivity index (χ1) is 8.60. The van der Waals surface area contributed by atoms with Crippen molar-refractivity contribution < 1.29 is 23.2 Å². The summed E-state index contributed by atoms with van der Waals surface area (Å²) >= 11 is 0. The minimum absolute atomic E-state index is 0.403. The van der Waals surface area contributed by atoms with Gasteiger partial charge in [0.2, 0.25) is 11.6 Å². The third kappa shape index (κ3) is 9.81. The molecule has 0 spiro atoms. The van der Waals surface area contributed by atoms with Crippen molar-refractivity contribution in [3.05, 3.63) is 0 Å². The van der Waals surface area contributed by atoms with Gasteiger partial charge in [0.1, 0.15) is 13.2 Å². The zero-order chi connectivity index (χ0) is 13.8.